The summed E-state index contributed by atoms with van der Waals surface area (Å²) in [5.41, 5.74) is 24.8. The van der Waals surface area contributed by atoms with Gasteiger partial charge >= 0.3 is 11.9 Å². The largest absolute Gasteiger partial charge is 0.508 e. The number of nitrogens with one attached hydrogen (secondary N) is 2. The standard InChI is InChI=1S/C20H18N4O3.C13H11N3O3.C12H6FNO3.C7H9NO.CH6N2.CH4/c1-24-16-6-5-13(10-15(16)19(21)23-24)17-7-8-18(27-17)20(26)22-11-12-3-2-4-14(25)9-12;1-16-9-3-2-7(6-8(9)12(14)15-16)10-4-5-11(19-10)13(17)18;13-9-2-1-7(5-8(9)6-14)10-3-4-11(17-10)12(15)16;8-5-6-2-1-3-7(9)4-6;1-3-2;/h2-10,25H,11H2,1H3,(H2,21,23)(H,22,26);2-6H,1H3,(H2,14,15)(H,17,18);1-5H,(H,15,16);1-4,9H,5,8H2;3H,2H2,1H3;1H4. The number of furan rings is 3. The highest BCUT2D eigenvalue weighted by molar-refractivity contribution is 5.95. The summed E-state index contributed by atoms with van der Waals surface area (Å²) in [6.45, 7) is 0.774. The number of amides is 1. The maximum absolute atomic E-state index is 13.1. The molecule has 0 fully saturated rings. The van der Waals surface area contributed by atoms with Gasteiger partial charge in [0.2, 0.25) is 11.5 Å². The minimum absolute atomic E-state index is 0. The number of aromatic carboxylic acids is 2. The molecule has 0 radical (unpaired) electrons. The normalized spacial score (nSPS) is 10.2. The molecule has 22 heteroatoms. The number of carboxylic acids is 2. The Hall–Kier alpha value is -10.2. The monoisotopic (exact) mass is 1040 g/mol. The Morgan fingerprint density at radius 3 is 1.49 bits per heavy atom. The summed E-state index contributed by atoms with van der Waals surface area (Å²) in [5.74, 6) is 3.95. The second kappa shape index (κ2) is 26.0. The third kappa shape index (κ3) is 14.3. The number of aryl methyl sites for hydroxylation is 2. The smallest absolute Gasteiger partial charge is 0.371 e. The Balaban J connectivity index is 0.000000193. The second-order valence-electron chi connectivity index (χ2n) is 15.9. The predicted molar refractivity (Wildman–Crippen MR) is 284 cm³/mol. The molecule has 14 N–H and O–H groups in total. The Labute approximate surface area is 433 Å². The SMILES string of the molecule is C.CNN.Cn1nc(N)c2cc(-c3ccc(C(=O)NCc4cccc(O)c4)o3)ccc21.Cn1nc(N)c2cc(-c3ccc(C(=O)O)o3)ccc21.N#Cc1cc(-c2ccc(C(=O)O)o2)ccc1F.NCc1cccc(O)c1. The van der Waals surface area contributed by atoms with Crippen LogP contribution in [-0.2, 0) is 27.2 Å². The van der Waals surface area contributed by atoms with Crippen LogP contribution in [0.3, 0.4) is 0 Å². The number of nitrogens with zero attached hydrogens (tertiary/aromatic N) is 5. The van der Waals surface area contributed by atoms with E-state index in [-0.39, 0.29) is 53.4 Å². The molecule has 0 aliphatic carbocycles. The molecule has 392 valence electrons. The molecule has 0 bridgehead atoms. The Morgan fingerprint density at radius 2 is 1.07 bits per heavy atom. The quantitative estimate of drug-likeness (QED) is 0.0479. The van der Waals surface area contributed by atoms with E-state index in [4.69, 9.17) is 51.0 Å². The van der Waals surface area contributed by atoms with Crippen LogP contribution in [0.5, 0.6) is 11.5 Å². The van der Waals surface area contributed by atoms with E-state index in [1.165, 1.54) is 30.3 Å². The number of carboxylic acid groups (broad SMARTS) is 2. The second-order valence-corrected chi connectivity index (χ2v) is 15.9. The average molecular weight is 1040 g/mol. The molecule has 0 aliphatic rings. The molecule has 0 spiro atoms. The number of nitrogens with two attached hydrogens (primary N) is 4. The van der Waals surface area contributed by atoms with Crippen LogP contribution in [0.15, 0.2) is 153 Å². The van der Waals surface area contributed by atoms with Gasteiger partial charge in [-0.25, -0.2) is 14.0 Å². The summed E-state index contributed by atoms with van der Waals surface area (Å²) in [5, 5.41) is 57.3. The third-order valence-electron chi connectivity index (χ3n) is 10.7. The molecule has 5 heterocycles. The van der Waals surface area contributed by atoms with Gasteiger partial charge in [-0.1, -0.05) is 31.7 Å². The molecule has 5 aromatic carbocycles. The van der Waals surface area contributed by atoms with Crippen molar-refractivity contribution in [3.05, 3.63) is 179 Å². The molecular weight excluding hydrogens is 982 g/mol. The van der Waals surface area contributed by atoms with E-state index in [9.17, 15) is 23.9 Å². The summed E-state index contributed by atoms with van der Waals surface area (Å²) in [6, 6.07) is 39.6. The van der Waals surface area contributed by atoms with E-state index in [0.29, 0.717) is 41.8 Å². The van der Waals surface area contributed by atoms with Crippen LogP contribution < -0.4 is 33.8 Å². The van der Waals surface area contributed by atoms with Crippen molar-refractivity contribution in [2.45, 2.75) is 20.5 Å². The summed E-state index contributed by atoms with van der Waals surface area (Å²) in [4.78, 5) is 33.7. The Morgan fingerprint density at radius 1 is 0.645 bits per heavy atom. The number of aromatic nitrogens is 4. The number of halogens is 1. The van der Waals surface area contributed by atoms with E-state index < -0.39 is 17.8 Å². The number of nitriles is 1. The van der Waals surface area contributed by atoms with Crippen molar-refractivity contribution < 1.29 is 52.5 Å². The number of carbonyl (C=O) groups excluding carboxylic acids is 1. The van der Waals surface area contributed by atoms with Crippen LogP contribution in [0.2, 0.25) is 0 Å². The molecule has 10 aromatic rings. The van der Waals surface area contributed by atoms with E-state index in [2.05, 4.69) is 26.8 Å². The first-order valence-electron chi connectivity index (χ1n) is 22.3. The van der Waals surface area contributed by atoms with E-state index in [1.807, 2.05) is 62.6 Å². The third-order valence-corrected chi connectivity index (χ3v) is 10.7. The molecule has 5 aromatic heterocycles. The van der Waals surface area contributed by atoms with Crippen molar-refractivity contribution in [1.82, 2.24) is 30.3 Å². The Kier molecular flexibility index (Phi) is 19.4. The molecule has 1 amide bonds. The number of phenols is 2. The molecule has 21 nitrogen and oxygen atoms in total. The summed E-state index contributed by atoms with van der Waals surface area (Å²) in [6.07, 6.45) is 0. The fraction of sp³-hybridized carbons (Fsp3) is 0.111. The number of carbonyl (C=O) groups is 3. The number of hydrogen-bond acceptors (Lipinski definition) is 16. The lowest BCUT2D eigenvalue weighted by Crippen LogP contribution is -2.22. The predicted octanol–water partition coefficient (Wildman–Crippen LogP) is 8.39. The van der Waals surface area contributed by atoms with Crippen LogP contribution in [-0.4, -0.2) is 64.9 Å². The average Bonchev–Trinajstić information content (AvgIpc) is 4.27. The minimum Gasteiger partial charge on any atom is -0.508 e. The number of hydrazine groups is 1. The van der Waals surface area contributed by atoms with Crippen LogP contribution in [0.4, 0.5) is 16.0 Å². The van der Waals surface area contributed by atoms with Gasteiger partial charge in [0.25, 0.3) is 5.91 Å². The topological polar surface area (TPSA) is 359 Å². The van der Waals surface area contributed by atoms with Crippen molar-refractivity contribution in [3.63, 3.8) is 0 Å². The fourth-order valence-corrected chi connectivity index (χ4v) is 7.11. The summed E-state index contributed by atoms with van der Waals surface area (Å²) < 4.78 is 32.5. The Bertz CT molecular complexity index is 3660. The molecule has 0 aliphatic heterocycles. The number of anilines is 2. The van der Waals surface area contributed by atoms with E-state index in [1.54, 1.807) is 77.1 Å². The first-order chi connectivity index (χ1) is 35.9. The maximum atomic E-state index is 13.1. The number of benzene rings is 5. The van der Waals surface area contributed by atoms with Crippen molar-refractivity contribution in [3.8, 4) is 51.5 Å². The van der Waals surface area contributed by atoms with Crippen molar-refractivity contribution in [1.29, 1.82) is 5.26 Å². The molecular formula is C54H54FN11O10. The first-order valence-corrected chi connectivity index (χ1v) is 22.3. The molecule has 0 unspecified atom stereocenters. The van der Waals surface area contributed by atoms with Crippen LogP contribution in [0.1, 0.15) is 55.8 Å². The van der Waals surface area contributed by atoms with Gasteiger partial charge in [0.05, 0.1) is 16.6 Å². The number of fused-ring (bicyclic) bond motifs is 2. The molecule has 0 saturated heterocycles. The van der Waals surface area contributed by atoms with Gasteiger partial charge < -0.3 is 56.2 Å². The van der Waals surface area contributed by atoms with Crippen LogP contribution in [0.25, 0.3) is 55.8 Å². The lowest BCUT2D eigenvalue weighted by atomic mass is 10.1. The van der Waals surface area contributed by atoms with Crippen molar-refractivity contribution >= 4 is 51.3 Å². The number of aromatic hydroxyl groups is 2. The zero-order valence-corrected chi connectivity index (χ0v) is 40.4. The summed E-state index contributed by atoms with van der Waals surface area (Å²) in [7, 11) is 5.30. The van der Waals surface area contributed by atoms with E-state index in [0.717, 1.165) is 50.1 Å². The van der Waals surface area contributed by atoms with Gasteiger partial charge in [-0.2, -0.15) is 15.5 Å². The zero-order valence-electron chi connectivity index (χ0n) is 40.4. The van der Waals surface area contributed by atoms with Gasteiger partial charge in [-0.05, 0) is 133 Å². The molecule has 10 rings (SSSR count). The van der Waals surface area contributed by atoms with Gasteiger partial charge in [0.1, 0.15) is 40.7 Å². The maximum Gasteiger partial charge on any atom is 0.371 e. The minimum atomic E-state index is -1.18. The van der Waals surface area contributed by atoms with E-state index >= 15 is 0 Å². The van der Waals surface area contributed by atoms with Crippen LogP contribution >= 0.6 is 0 Å². The lowest BCUT2D eigenvalue weighted by Gasteiger charge is -2.04. The number of rotatable bonds is 9. The van der Waals surface area contributed by atoms with Gasteiger partial charge in [-0.3, -0.25) is 25.4 Å². The lowest BCUT2D eigenvalue weighted by molar-refractivity contribution is 0.0653. The highest BCUT2D eigenvalue weighted by Crippen LogP contribution is 2.31. The fourth-order valence-electron chi connectivity index (χ4n) is 7.11. The highest BCUT2D eigenvalue weighted by atomic mass is 19.1. The molecule has 0 atom stereocenters. The van der Waals surface area contributed by atoms with Crippen molar-refractivity contribution in [2.75, 3.05) is 18.5 Å². The molecule has 0 saturated carbocycles. The number of hydrogen-bond donors (Lipinski definition) is 10. The molecule has 76 heavy (non-hydrogen) atoms. The number of phenolic OH excluding ortho intramolecular Hbond substituents is 2. The van der Waals surface area contributed by atoms with Gasteiger partial charge in [-0.15, -0.1) is 0 Å². The first kappa shape index (κ1) is 56.7. The van der Waals surface area contributed by atoms with Gasteiger partial charge in [0, 0.05) is 54.6 Å². The zero-order chi connectivity index (χ0) is 54.3. The highest BCUT2D eigenvalue weighted by Gasteiger charge is 2.16. The summed E-state index contributed by atoms with van der Waals surface area (Å²) >= 11 is 0. The van der Waals surface area contributed by atoms with Crippen molar-refractivity contribution in [2.24, 2.45) is 25.7 Å². The van der Waals surface area contributed by atoms with Gasteiger partial charge in [0.15, 0.2) is 17.4 Å². The number of nitrogen functional groups attached to an aromatic ring is 2. The van der Waals surface area contributed by atoms with Crippen LogP contribution in [0, 0.1) is 17.1 Å².